The van der Waals surface area contributed by atoms with Crippen LogP contribution in [0.5, 0.6) is 5.75 Å². The molecule has 1 aliphatic heterocycles. The predicted molar refractivity (Wildman–Crippen MR) is 85.3 cm³/mol. The first-order valence-electron chi connectivity index (χ1n) is 7.48. The zero-order valence-electron chi connectivity index (χ0n) is 13.5. The molecule has 0 spiro atoms. The van der Waals surface area contributed by atoms with Gasteiger partial charge >= 0.3 is 5.97 Å². The second kappa shape index (κ2) is 7.18. The summed E-state index contributed by atoms with van der Waals surface area (Å²) in [5.74, 6) is -0.930. The molecule has 1 amide bonds. The van der Waals surface area contributed by atoms with Crippen molar-refractivity contribution < 1.29 is 27.9 Å². The lowest BCUT2D eigenvalue weighted by Crippen LogP contribution is -2.46. The number of carboxylic acids is 1. The Kier molecular flexibility index (Phi) is 5.45. The highest BCUT2D eigenvalue weighted by molar-refractivity contribution is 7.89. The normalized spacial score (nSPS) is 14.8. The van der Waals surface area contributed by atoms with Crippen molar-refractivity contribution in [3.8, 4) is 5.75 Å². The van der Waals surface area contributed by atoms with Crippen LogP contribution in [0.15, 0.2) is 23.1 Å². The van der Waals surface area contributed by atoms with Crippen molar-refractivity contribution >= 4 is 21.9 Å². The zero-order valence-corrected chi connectivity index (χ0v) is 14.3. The molecule has 0 fully saturated rings. The highest BCUT2D eigenvalue weighted by atomic mass is 32.2. The van der Waals surface area contributed by atoms with Crippen molar-refractivity contribution in [2.24, 2.45) is 0 Å². The quantitative estimate of drug-likeness (QED) is 0.723. The fourth-order valence-electron chi connectivity index (χ4n) is 2.45. The Morgan fingerprint density at radius 1 is 1.42 bits per heavy atom. The number of carbonyl (C=O) groups is 2. The van der Waals surface area contributed by atoms with Crippen LogP contribution in [-0.2, 0) is 26.0 Å². The number of amides is 1. The van der Waals surface area contributed by atoms with Gasteiger partial charge in [-0.1, -0.05) is 0 Å². The molecule has 9 heteroatoms. The van der Waals surface area contributed by atoms with E-state index in [4.69, 9.17) is 4.74 Å². The van der Waals surface area contributed by atoms with E-state index in [0.717, 1.165) is 9.87 Å². The summed E-state index contributed by atoms with van der Waals surface area (Å²) in [6.07, 6.45) is 0.610. The van der Waals surface area contributed by atoms with E-state index in [-0.39, 0.29) is 23.9 Å². The Labute approximate surface area is 140 Å². The maximum absolute atomic E-state index is 12.9. The lowest BCUT2D eigenvalue weighted by atomic mass is 10.2. The molecule has 24 heavy (non-hydrogen) atoms. The Bertz CT molecular complexity index is 746. The van der Waals surface area contributed by atoms with Gasteiger partial charge in [0.25, 0.3) is 0 Å². The number of aliphatic carboxylic acids is 1. The topological polar surface area (TPSA) is 113 Å². The SMILES string of the molecule is CC(=O)NCCN(C(C)C(=O)O)S(=O)(=O)c1ccc2c(c1)CCO2. The molecule has 0 aliphatic carbocycles. The number of rotatable bonds is 7. The third-order valence-electron chi connectivity index (χ3n) is 3.76. The molecule has 0 saturated carbocycles. The van der Waals surface area contributed by atoms with E-state index in [2.05, 4.69) is 5.32 Å². The number of hydrogen-bond acceptors (Lipinski definition) is 5. The van der Waals surface area contributed by atoms with Gasteiger partial charge in [0.2, 0.25) is 15.9 Å². The fourth-order valence-corrected chi connectivity index (χ4v) is 4.09. The van der Waals surface area contributed by atoms with Gasteiger partial charge in [-0.05, 0) is 30.7 Å². The van der Waals surface area contributed by atoms with E-state index in [1.807, 2.05) is 0 Å². The molecule has 8 nitrogen and oxygen atoms in total. The Morgan fingerprint density at radius 2 is 2.12 bits per heavy atom. The van der Waals surface area contributed by atoms with Crippen LogP contribution in [0.1, 0.15) is 19.4 Å². The van der Waals surface area contributed by atoms with Crippen LogP contribution in [0.3, 0.4) is 0 Å². The zero-order chi connectivity index (χ0) is 17.9. The van der Waals surface area contributed by atoms with Crippen LogP contribution in [0, 0.1) is 0 Å². The third-order valence-corrected chi connectivity index (χ3v) is 5.73. The van der Waals surface area contributed by atoms with Gasteiger partial charge in [0, 0.05) is 26.4 Å². The standard InChI is InChI=1S/C15H20N2O6S/c1-10(15(19)20)17(7-6-16-11(2)18)24(21,22)13-3-4-14-12(9-13)5-8-23-14/h3-4,9-10H,5-8H2,1-2H3,(H,16,18)(H,19,20). The van der Waals surface area contributed by atoms with Gasteiger partial charge in [-0.15, -0.1) is 0 Å². The largest absolute Gasteiger partial charge is 0.493 e. The van der Waals surface area contributed by atoms with Crippen LogP contribution < -0.4 is 10.1 Å². The van der Waals surface area contributed by atoms with Crippen LogP contribution in [0.4, 0.5) is 0 Å². The molecule has 1 heterocycles. The van der Waals surface area contributed by atoms with E-state index in [1.54, 1.807) is 6.07 Å². The molecule has 1 atom stereocenters. The lowest BCUT2D eigenvalue weighted by Gasteiger charge is -2.26. The molecule has 1 unspecified atom stereocenters. The van der Waals surface area contributed by atoms with E-state index >= 15 is 0 Å². The summed E-state index contributed by atoms with van der Waals surface area (Å²) >= 11 is 0. The van der Waals surface area contributed by atoms with Gasteiger partial charge in [-0.3, -0.25) is 9.59 Å². The molecular weight excluding hydrogens is 336 g/mol. The lowest BCUT2D eigenvalue weighted by molar-refractivity contribution is -0.140. The van der Waals surface area contributed by atoms with Crippen molar-refractivity contribution in [1.29, 1.82) is 0 Å². The third kappa shape index (κ3) is 3.85. The predicted octanol–water partition coefficient (Wildman–Crippen LogP) is 0.221. The highest BCUT2D eigenvalue weighted by Gasteiger charge is 2.33. The first kappa shape index (κ1) is 18.2. The van der Waals surface area contributed by atoms with Crippen LogP contribution in [0.25, 0.3) is 0 Å². The summed E-state index contributed by atoms with van der Waals surface area (Å²) in [4.78, 5) is 22.3. The minimum Gasteiger partial charge on any atom is -0.493 e. The van der Waals surface area contributed by atoms with Crippen molar-refractivity contribution in [2.45, 2.75) is 31.2 Å². The number of fused-ring (bicyclic) bond motifs is 1. The van der Waals surface area contributed by atoms with Gasteiger partial charge < -0.3 is 15.2 Å². The second-order valence-electron chi connectivity index (χ2n) is 5.48. The number of nitrogens with zero attached hydrogens (tertiary/aromatic N) is 1. The number of nitrogens with one attached hydrogen (secondary N) is 1. The summed E-state index contributed by atoms with van der Waals surface area (Å²) in [5, 5.41) is 11.7. The number of sulfonamides is 1. The summed E-state index contributed by atoms with van der Waals surface area (Å²) < 4.78 is 32.0. The molecule has 0 aromatic heterocycles. The summed E-state index contributed by atoms with van der Waals surface area (Å²) in [6, 6.07) is 3.23. The van der Waals surface area contributed by atoms with Gasteiger partial charge in [-0.2, -0.15) is 4.31 Å². The average molecular weight is 356 g/mol. The number of benzene rings is 1. The molecule has 132 valence electrons. The fraction of sp³-hybridized carbons (Fsp3) is 0.467. The van der Waals surface area contributed by atoms with Gasteiger partial charge in [0.05, 0.1) is 11.5 Å². The summed E-state index contributed by atoms with van der Waals surface area (Å²) in [5.41, 5.74) is 0.779. The second-order valence-corrected chi connectivity index (χ2v) is 7.37. The Hall–Kier alpha value is -2.13. The monoisotopic (exact) mass is 356 g/mol. The number of carboxylic acid groups (broad SMARTS) is 1. The van der Waals surface area contributed by atoms with E-state index in [1.165, 1.54) is 26.0 Å². The molecule has 1 aromatic rings. The van der Waals surface area contributed by atoms with Crippen LogP contribution in [0.2, 0.25) is 0 Å². The summed E-state index contributed by atoms with van der Waals surface area (Å²) in [7, 11) is -4.02. The molecule has 1 aromatic carbocycles. The van der Waals surface area contributed by atoms with Crippen molar-refractivity contribution in [2.75, 3.05) is 19.7 Å². The Balaban J connectivity index is 2.31. The maximum Gasteiger partial charge on any atom is 0.321 e. The molecule has 2 N–H and O–H groups in total. The Morgan fingerprint density at radius 3 is 2.75 bits per heavy atom. The van der Waals surface area contributed by atoms with Crippen molar-refractivity contribution in [1.82, 2.24) is 9.62 Å². The maximum atomic E-state index is 12.9. The van der Waals surface area contributed by atoms with Gasteiger partial charge in [-0.25, -0.2) is 8.42 Å². The summed E-state index contributed by atoms with van der Waals surface area (Å²) in [6.45, 7) is 2.99. The molecule has 0 radical (unpaired) electrons. The van der Waals surface area contributed by atoms with Crippen LogP contribution in [-0.4, -0.2) is 55.4 Å². The first-order chi connectivity index (χ1) is 11.2. The molecule has 1 aliphatic rings. The van der Waals surface area contributed by atoms with Crippen molar-refractivity contribution in [3.05, 3.63) is 23.8 Å². The molecule has 0 bridgehead atoms. The molecule has 0 saturated heterocycles. The van der Waals surface area contributed by atoms with Gasteiger partial charge in [0.1, 0.15) is 11.8 Å². The average Bonchev–Trinajstić information content (AvgIpc) is 2.97. The van der Waals surface area contributed by atoms with Gasteiger partial charge in [0.15, 0.2) is 0 Å². The smallest absolute Gasteiger partial charge is 0.321 e. The first-order valence-corrected chi connectivity index (χ1v) is 8.92. The minimum atomic E-state index is -4.02. The van der Waals surface area contributed by atoms with Crippen molar-refractivity contribution in [3.63, 3.8) is 0 Å². The van der Waals surface area contributed by atoms with Crippen LogP contribution >= 0.6 is 0 Å². The number of carbonyl (C=O) groups excluding carboxylic acids is 1. The van der Waals surface area contributed by atoms with E-state index in [9.17, 15) is 23.1 Å². The van der Waals surface area contributed by atoms with E-state index in [0.29, 0.717) is 18.8 Å². The molecular formula is C15H20N2O6S. The minimum absolute atomic E-state index is 0.0164. The molecule has 2 rings (SSSR count). The highest BCUT2D eigenvalue weighted by Crippen LogP contribution is 2.29. The number of hydrogen-bond donors (Lipinski definition) is 2. The van der Waals surface area contributed by atoms with E-state index < -0.39 is 22.0 Å². The number of ether oxygens (including phenoxy) is 1.